The normalized spacial score (nSPS) is 10.7. The fourth-order valence-corrected chi connectivity index (χ4v) is 2.38. The van der Waals surface area contributed by atoms with E-state index in [0.717, 1.165) is 13.1 Å². The van der Waals surface area contributed by atoms with E-state index >= 15 is 0 Å². The van der Waals surface area contributed by atoms with Gasteiger partial charge in [-0.3, -0.25) is 9.36 Å². The average Bonchev–Trinajstić information content (AvgIpc) is 2.52. The summed E-state index contributed by atoms with van der Waals surface area (Å²) >= 11 is 0. The van der Waals surface area contributed by atoms with Crippen molar-refractivity contribution in [1.82, 2.24) is 9.55 Å². The molecule has 2 aromatic rings. The zero-order valence-electron chi connectivity index (χ0n) is 13.1. The van der Waals surface area contributed by atoms with Crippen molar-refractivity contribution >= 4 is 16.9 Å². The number of benzene rings is 1. The van der Waals surface area contributed by atoms with E-state index in [1.165, 1.54) is 0 Å². The van der Waals surface area contributed by atoms with Crippen LogP contribution < -0.4 is 19.9 Å². The number of rotatable bonds is 5. The summed E-state index contributed by atoms with van der Waals surface area (Å²) in [6.45, 7) is 5.65. The molecule has 6 nitrogen and oxygen atoms in total. The van der Waals surface area contributed by atoms with Gasteiger partial charge < -0.3 is 14.4 Å². The van der Waals surface area contributed by atoms with Crippen molar-refractivity contribution in [2.24, 2.45) is 7.05 Å². The first kappa shape index (κ1) is 15.2. The molecule has 0 aliphatic carbocycles. The van der Waals surface area contributed by atoms with Gasteiger partial charge in [0.25, 0.3) is 5.56 Å². The molecule has 2 rings (SSSR count). The van der Waals surface area contributed by atoms with Gasteiger partial charge in [0.05, 0.1) is 25.1 Å². The van der Waals surface area contributed by atoms with Crippen LogP contribution in [0.2, 0.25) is 0 Å². The largest absolute Gasteiger partial charge is 0.493 e. The van der Waals surface area contributed by atoms with Gasteiger partial charge in [0.2, 0.25) is 5.95 Å². The zero-order chi connectivity index (χ0) is 15.6. The van der Waals surface area contributed by atoms with Gasteiger partial charge in [-0.05, 0) is 19.9 Å². The maximum atomic E-state index is 12.6. The monoisotopic (exact) mass is 291 g/mol. The van der Waals surface area contributed by atoms with Gasteiger partial charge in [0.1, 0.15) is 0 Å². The van der Waals surface area contributed by atoms with E-state index in [0.29, 0.717) is 28.4 Å². The molecule has 0 unspecified atom stereocenters. The molecule has 0 spiro atoms. The quantitative estimate of drug-likeness (QED) is 0.840. The van der Waals surface area contributed by atoms with E-state index in [1.54, 1.807) is 38.0 Å². The number of ether oxygens (including phenoxy) is 2. The summed E-state index contributed by atoms with van der Waals surface area (Å²) in [4.78, 5) is 19.2. The summed E-state index contributed by atoms with van der Waals surface area (Å²) in [6.07, 6.45) is 0. The number of fused-ring (bicyclic) bond motifs is 1. The van der Waals surface area contributed by atoms with E-state index in [1.807, 2.05) is 18.7 Å². The second kappa shape index (κ2) is 6.03. The predicted octanol–water partition coefficient (Wildman–Crippen LogP) is 1.80. The molecule has 0 aliphatic rings. The maximum absolute atomic E-state index is 12.6. The van der Waals surface area contributed by atoms with Crippen LogP contribution in [0.15, 0.2) is 16.9 Å². The summed E-state index contributed by atoms with van der Waals surface area (Å²) in [6, 6.07) is 3.41. The van der Waals surface area contributed by atoms with Gasteiger partial charge in [0, 0.05) is 26.2 Å². The molecule has 0 fully saturated rings. The Bertz CT molecular complexity index is 705. The topological polar surface area (TPSA) is 56.6 Å². The van der Waals surface area contributed by atoms with Gasteiger partial charge in [-0.15, -0.1) is 0 Å². The SMILES string of the molecule is CCN(CC)c1nc2cc(OC)c(OC)cc2c(=O)n1C. The van der Waals surface area contributed by atoms with E-state index < -0.39 is 0 Å². The van der Waals surface area contributed by atoms with E-state index in [9.17, 15) is 4.79 Å². The molecule has 0 atom stereocenters. The van der Waals surface area contributed by atoms with Crippen molar-refractivity contribution in [3.8, 4) is 11.5 Å². The Kier molecular flexibility index (Phi) is 4.35. The number of hydrogen-bond donors (Lipinski definition) is 0. The Hall–Kier alpha value is -2.24. The number of methoxy groups -OCH3 is 2. The fourth-order valence-electron chi connectivity index (χ4n) is 2.38. The van der Waals surface area contributed by atoms with Crippen molar-refractivity contribution in [3.63, 3.8) is 0 Å². The lowest BCUT2D eigenvalue weighted by Crippen LogP contribution is -2.31. The Morgan fingerprint density at radius 2 is 1.71 bits per heavy atom. The minimum atomic E-state index is -0.0946. The third-order valence-electron chi connectivity index (χ3n) is 3.60. The summed E-state index contributed by atoms with van der Waals surface area (Å²) in [7, 11) is 4.85. The Morgan fingerprint density at radius 1 is 1.14 bits per heavy atom. The Morgan fingerprint density at radius 3 is 2.24 bits per heavy atom. The first-order valence-electron chi connectivity index (χ1n) is 6.95. The van der Waals surface area contributed by atoms with Crippen LogP contribution in [0.25, 0.3) is 10.9 Å². The number of aromatic nitrogens is 2. The van der Waals surface area contributed by atoms with Gasteiger partial charge in [-0.2, -0.15) is 0 Å². The minimum Gasteiger partial charge on any atom is -0.493 e. The second-order valence-corrected chi connectivity index (χ2v) is 4.67. The van der Waals surface area contributed by atoms with Crippen LogP contribution in [0.1, 0.15) is 13.8 Å². The Balaban J connectivity index is 2.78. The zero-order valence-corrected chi connectivity index (χ0v) is 13.1. The Labute approximate surface area is 123 Å². The van der Waals surface area contributed by atoms with E-state index in [4.69, 9.17) is 9.47 Å². The fraction of sp³-hybridized carbons (Fsp3) is 0.467. The highest BCUT2D eigenvalue weighted by Gasteiger charge is 2.15. The van der Waals surface area contributed by atoms with Crippen LogP contribution in [0.3, 0.4) is 0 Å². The molecule has 0 aliphatic heterocycles. The molecule has 0 saturated heterocycles. The summed E-state index contributed by atoms with van der Waals surface area (Å²) in [5.74, 6) is 1.75. The number of anilines is 1. The lowest BCUT2D eigenvalue weighted by molar-refractivity contribution is 0.355. The van der Waals surface area contributed by atoms with Crippen molar-refractivity contribution in [2.75, 3.05) is 32.2 Å². The summed E-state index contributed by atoms with van der Waals surface area (Å²) in [5, 5.41) is 0.519. The van der Waals surface area contributed by atoms with Crippen molar-refractivity contribution in [3.05, 3.63) is 22.5 Å². The minimum absolute atomic E-state index is 0.0946. The molecule has 0 N–H and O–H groups in total. The maximum Gasteiger partial charge on any atom is 0.262 e. The first-order chi connectivity index (χ1) is 10.1. The average molecular weight is 291 g/mol. The number of nitrogens with zero attached hydrogens (tertiary/aromatic N) is 3. The molecule has 1 heterocycles. The van der Waals surface area contributed by atoms with Gasteiger partial charge in [-0.25, -0.2) is 4.98 Å². The molecule has 6 heteroatoms. The highest BCUT2D eigenvalue weighted by atomic mass is 16.5. The molecule has 0 amide bonds. The first-order valence-corrected chi connectivity index (χ1v) is 6.95. The smallest absolute Gasteiger partial charge is 0.262 e. The van der Waals surface area contributed by atoms with Crippen LogP contribution in [-0.4, -0.2) is 36.9 Å². The molecule has 0 bridgehead atoms. The van der Waals surface area contributed by atoms with Crippen molar-refractivity contribution < 1.29 is 9.47 Å². The lowest BCUT2D eigenvalue weighted by atomic mass is 10.2. The summed E-state index contributed by atoms with van der Waals surface area (Å²) in [5.41, 5.74) is 0.514. The van der Waals surface area contributed by atoms with Crippen LogP contribution in [0, 0.1) is 0 Å². The van der Waals surface area contributed by atoms with Crippen LogP contribution in [-0.2, 0) is 7.05 Å². The van der Waals surface area contributed by atoms with Crippen LogP contribution in [0.5, 0.6) is 11.5 Å². The lowest BCUT2D eigenvalue weighted by Gasteiger charge is -2.22. The van der Waals surface area contributed by atoms with Crippen LogP contribution in [0.4, 0.5) is 5.95 Å². The highest BCUT2D eigenvalue weighted by molar-refractivity contribution is 5.83. The predicted molar refractivity (Wildman–Crippen MR) is 83.6 cm³/mol. The van der Waals surface area contributed by atoms with Crippen LogP contribution >= 0.6 is 0 Å². The molecule has 21 heavy (non-hydrogen) atoms. The second-order valence-electron chi connectivity index (χ2n) is 4.67. The molecule has 114 valence electrons. The molecular weight excluding hydrogens is 270 g/mol. The van der Waals surface area contributed by atoms with Gasteiger partial charge in [0.15, 0.2) is 11.5 Å². The molecule has 1 aromatic carbocycles. The number of hydrogen-bond acceptors (Lipinski definition) is 5. The van der Waals surface area contributed by atoms with E-state index in [2.05, 4.69) is 4.98 Å². The highest BCUT2D eigenvalue weighted by Crippen LogP contribution is 2.30. The third-order valence-corrected chi connectivity index (χ3v) is 3.60. The van der Waals surface area contributed by atoms with Crippen molar-refractivity contribution in [2.45, 2.75) is 13.8 Å². The standard InChI is InChI=1S/C15H21N3O3/c1-6-18(7-2)15-16-11-9-13(21-5)12(20-4)8-10(11)14(19)17(15)3/h8-9H,6-7H2,1-5H3. The molecule has 0 radical (unpaired) electrons. The molecule has 0 saturated carbocycles. The van der Waals surface area contributed by atoms with Gasteiger partial charge >= 0.3 is 0 Å². The molecule has 1 aromatic heterocycles. The van der Waals surface area contributed by atoms with E-state index in [-0.39, 0.29) is 5.56 Å². The van der Waals surface area contributed by atoms with Gasteiger partial charge in [-0.1, -0.05) is 0 Å². The third kappa shape index (κ3) is 2.53. The van der Waals surface area contributed by atoms with Crippen molar-refractivity contribution in [1.29, 1.82) is 0 Å². The molecular formula is C15H21N3O3. The summed E-state index contributed by atoms with van der Waals surface area (Å²) < 4.78 is 12.1.